The van der Waals surface area contributed by atoms with Gasteiger partial charge in [0.15, 0.2) is 16.7 Å². The molecule has 3 aromatic rings. The number of non-ortho nitro benzene ring substituents is 1. The summed E-state index contributed by atoms with van der Waals surface area (Å²) in [7, 11) is 1.39. The minimum absolute atomic E-state index is 0.154. The number of amidine groups is 1. The van der Waals surface area contributed by atoms with Crippen LogP contribution in [0.4, 0.5) is 17.1 Å². The summed E-state index contributed by atoms with van der Waals surface area (Å²) in [5.74, 6) is -0.0852. The molecule has 3 aromatic carbocycles. The van der Waals surface area contributed by atoms with E-state index in [0.29, 0.717) is 21.3 Å². The molecule has 0 bridgehead atoms. The summed E-state index contributed by atoms with van der Waals surface area (Å²) in [4.78, 5) is 38.0. The molecule has 35 heavy (non-hydrogen) atoms. The van der Waals surface area contributed by atoms with Crippen molar-refractivity contribution in [2.45, 2.75) is 0 Å². The number of rotatable bonds is 7. The Bertz CT molecular complexity index is 1390. The predicted octanol–water partition coefficient (Wildman–Crippen LogP) is 5.20. The van der Waals surface area contributed by atoms with E-state index in [1.807, 2.05) is 30.3 Å². The number of nitrogens with one attached hydrogen (secondary N) is 1. The normalized spacial score (nSPS) is 15.2. The maximum Gasteiger partial charge on any atom is 0.318 e. The summed E-state index contributed by atoms with van der Waals surface area (Å²) in [6.45, 7) is 0. The van der Waals surface area contributed by atoms with Gasteiger partial charge in [-0.2, -0.15) is 0 Å². The second-order valence-corrected chi connectivity index (χ2v) is 8.03. The molecule has 11 nitrogen and oxygen atoms in total. The molecular formula is C23H16N4O7S. The van der Waals surface area contributed by atoms with Crippen LogP contribution in [0.3, 0.4) is 0 Å². The van der Waals surface area contributed by atoms with E-state index in [-0.39, 0.29) is 23.2 Å². The van der Waals surface area contributed by atoms with E-state index in [2.05, 4.69) is 10.3 Å². The fourth-order valence-electron chi connectivity index (χ4n) is 3.08. The number of hydrogen-bond donors (Lipinski definition) is 1. The number of nitro benzene ring substituents is 2. The molecule has 1 amide bonds. The monoisotopic (exact) mass is 492 g/mol. The summed E-state index contributed by atoms with van der Waals surface area (Å²) in [5, 5.41) is 25.5. The lowest BCUT2D eigenvalue weighted by atomic mass is 10.2. The van der Waals surface area contributed by atoms with Gasteiger partial charge in [-0.25, -0.2) is 4.99 Å². The largest absolute Gasteiger partial charge is 0.493 e. The van der Waals surface area contributed by atoms with Crippen LogP contribution in [-0.2, 0) is 4.79 Å². The van der Waals surface area contributed by atoms with Crippen molar-refractivity contribution in [1.82, 2.24) is 5.32 Å². The highest BCUT2D eigenvalue weighted by molar-refractivity contribution is 8.18. The van der Waals surface area contributed by atoms with Crippen LogP contribution in [0.5, 0.6) is 17.2 Å². The molecule has 4 rings (SSSR count). The van der Waals surface area contributed by atoms with Gasteiger partial charge < -0.3 is 14.8 Å². The highest BCUT2D eigenvalue weighted by Crippen LogP contribution is 2.39. The summed E-state index contributed by atoms with van der Waals surface area (Å²) in [6.07, 6.45) is 1.65. The van der Waals surface area contributed by atoms with Crippen molar-refractivity contribution < 1.29 is 24.1 Å². The molecule has 0 spiro atoms. The molecule has 176 valence electrons. The zero-order valence-corrected chi connectivity index (χ0v) is 18.9. The van der Waals surface area contributed by atoms with Crippen LogP contribution in [0.25, 0.3) is 6.08 Å². The van der Waals surface area contributed by atoms with Crippen LogP contribution in [0.1, 0.15) is 5.56 Å². The molecule has 0 aromatic heterocycles. The van der Waals surface area contributed by atoms with Crippen molar-refractivity contribution in [3.05, 3.63) is 97.4 Å². The second kappa shape index (κ2) is 10.1. The van der Waals surface area contributed by atoms with Crippen molar-refractivity contribution in [2.75, 3.05) is 7.11 Å². The van der Waals surface area contributed by atoms with Crippen molar-refractivity contribution >= 4 is 46.0 Å². The van der Waals surface area contributed by atoms with Crippen LogP contribution < -0.4 is 14.8 Å². The maximum absolute atomic E-state index is 12.4. The van der Waals surface area contributed by atoms with Crippen LogP contribution in [0, 0.1) is 20.2 Å². The van der Waals surface area contributed by atoms with Gasteiger partial charge in [0.25, 0.3) is 11.6 Å². The van der Waals surface area contributed by atoms with Gasteiger partial charge in [0, 0.05) is 6.07 Å². The summed E-state index contributed by atoms with van der Waals surface area (Å²) in [6, 6.07) is 17.0. The Kier molecular flexibility index (Phi) is 6.73. The van der Waals surface area contributed by atoms with E-state index >= 15 is 0 Å². The second-order valence-electron chi connectivity index (χ2n) is 7.00. The number of carbonyl (C=O) groups excluding carboxylic acids is 1. The fraction of sp³-hybridized carbons (Fsp3) is 0.0435. The first-order valence-corrected chi connectivity index (χ1v) is 10.8. The number of benzene rings is 3. The van der Waals surface area contributed by atoms with Gasteiger partial charge in [0.1, 0.15) is 0 Å². The third-order valence-electron chi connectivity index (χ3n) is 4.69. The third kappa shape index (κ3) is 5.45. The molecule has 0 atom stereocenters. The zero-order chi connectivity index (χ0) is 24.9. The van der Waals surface area contributed by atoms with Crippen molar-refractivity contribution in [3.63, 3.8) is 0 Å². The highest BCUT2D eigenvalue weighted by atomic mass is 32.2. The van der Waals surface area contributed by atoms with Crippen LogP contribution in [0.15, 0.2) is 76.6 Å². The molecule has 1 aliphatic rings. The molecule has 1 aliphatic heterocycles. The van der Waals surface area contributed by atoms with Crippen LogP contribution >= 0.6 is 11.8 Å². The molecule has 0 aliphatic carbocycles. The van der Waals surface area contributed by atoms with E-state index in [1.165, 1.54) is 24.9 Å². The van der Waals surface area contributed by atoms with Gasteiger partial charge in [0.2, 0.25) is 5.75 Å². The van der Waals surface area contributed by atoms with Gasteiger partial charge in [-0.15, -0.1) is 0 Å². The molecular weight excluding hydrogens is 476 g/mol. The number of nitro groups is 2. The third-order valence-corrected chi connectivity index (χ3v) is 5.60. The minimum Gasteiger partial charge on any atom is -0.493 e. The average molecular weight is 492 g/mol. The average Bonchev–Trinajstić information content (AvgIpc) is 3.18. The number of aliphatic imine (C=N–C) groups is 1. The fourth-order valence-corrected chi connectivity index (χ4v) is 3.92. The van der Waals surface area contributed by atoms with Crippen molar-refractivity contribution in [3.8, 4) is 17.2 Å². The van der Waals surface area contributed by atoms with E-state index in [4.69, 9.17) is 9.47 Å². The lowest BCUT2D eigenvalue weighted by molar-refractivity contribution is -0.394. The quantitative estimate of drug-likeness (QED) is 0.269. The Hall–Kier alpha value is -4.71. The van der Waals surface area contributed by atoms with Crippen LogP contribution in [0.2, 0.25) is 0 Å². The Morgan fingerprint density at radius 3 is 2.37 bits per heavy atom. The molecule has 1 fully saturated rings. The molecule has 1 saturated heterocycles. The van der Waals surface area contributed by atoms with E-state index in [9.17, 15) is 25.0 Å². The number of thioether (sulfide) groups is 1. The van der Waals surface area contributed by atoms with E-state index in [0.717, 1.165) is 18.2 Å². The number of carbonyl (C=O) groups is 1. The number of nitrogens with zero attached hydrogens (tertiary/aromatic N) is 3. The molecule has 1 N–H and O–H groups in total. The first kappa shape index (κ1) is 23.4. The molecule has 12 heteroatoms. The predicted molar refractivity (Wildman–Crippen MR) is 130 cm³/mol. The lowest BCUT2D eigenvalue weighted by Gasteiger charge is -2.11. The van der Waals surface area contributed by atoms with Gasteiger partial charge in [-0.3, -0.25) is 25.0 Å². The number of hydrogen-bond acceptors (Lipinski definition) is 9. The first-order valence-electron chi connectivity index (χ1n) is 9.97. The lowest BCUT2D eigenvalue weighted by Crippen LogP contribution is -2.19. The Morgan fingerprint density at radius 2 is 1.69 bits per heavy atom. The number of ether oxygens (including phenoxy) is 2. The van der Waals surface area contributed by atoms with E-state index in [1.54, 1.807) is 18.2 Å². The topological polar surface area (TPSA) is 146 Å². The van der Waals surface area contributed by atoms with Gasteiger partial charge >= 0.3 is 5.69 Å². The standard InChI is InChI=1S/C23H16N4O7S/c1-33-20-11-14(12-21-22(28)25-23(35-21)24-15-5-3-2-4-6-15)7-9-19(20)34-18-10-8-16(26(29)30)13-17(18)27(31)32/h2-13H,1H3,(H,24,25,28)/b21-12-. The Labute approximate surface area is 202 Å². The van der Waals surface area contributed by atoms with Crippen LogP contribution in [-0.4, -0.2) is 28.0 Å². The smallest absolute Gasteiger partial charge is 0.318 e. The Morgan fingerprint density at radius 1 is 0.943 bits per heavy atom. The highest BCUT2D eigenvalue weighted by Gasteiger charge is 2.25. The van der Waals surface area contributed by atoms with Gasteiger partial charge in [-0.1, -0.05) is 24.3 Å². The maximum atomic E-state index is 12.4. The first-order chi connectivity index (χ1) is 16.8. The summed E-state index contributed by atoms with van der Waals surface area (Å²) < 4.78 is 11.0. The number of para-hydroxylation sites is 1. The van der Waals surface area contributed by atoms with Crippen molar-refractivity contribution in [1.29, 1.82) is 0 Å². The molecule has 0 unspecified atom stereocenters. The number of methoxy groups -OCH3 is 1. The Balaban J connectivity index is 1.58. The summed E-state index contributed by atoms with van der Waals surface area (Å²) in [5.41, 5.74) is 0.336. The molecule has 0 saturated carbocycles. The molecule has 0 radical (unpaired) electrons. The number of amides is 1. The summed E-state index contributed by atoms with van der Waals surface area (Å²) >= 11 is 1.19. The van der Waals surface area contributed by atoms with Gasteiger partial charge in [0.05, 0.1) is 33.6 Å². The molecule has 1 heterocycles. The van der Waals surface area contributed by atoms with Crippen molar-refractivity contribution in [2.24, 2.45) is 4.99 Å². The SMILES string of the molecule is COc1cc(/C=C2\SC(=Nc3ccccc3)NC2=O)ccc1Oc1ccc([N+](=O)[O-])cc1[N+](=O)[O-]. The van der Waals surface area contributed by atoms with Gasteiger partial charge in [-0.05, 0) is 53.7 Å². The zero-order valence-electron chi connectivity index (χ0n) is 18.0. The minimum atomic E-state index is -0.766. The van der Waals surface area contributed by atoms with E-state index < -0.39 is 21.2 Å².